The molecule has 1 aromatic rings. The van der Waals surface area contributed by atoms with Gasteiger partial charge in [0.15, 0.2) is 0 Å². The molecule has 16 heavy (non-hydrogen) atoms. The van der Waals surface area contributed by atoms with Crippen molar-refractivity contribution >= 4 is 13.3 Å². The third kappa shape index (κ3) is 2.32. The standard InChI is InChI=1S/C14H24OSi/c1-6-16(7-2,8-3)14-11-12(4)9-10-13(14)15-5/h9-11H,6-8H2,1-5H3. The predicted octanol–water partition coefficient (Wildman–Crippen LogP) is 3.72. The van der Waals surface area contributed by atoms with E-state index in [1.807, 2.05) is 0 Å². The molecular formula is C14H24OSi. The summed E-state index contributed by atoms with van der Waals surface area (Å²) in [4.78, 5) is 0. The SMILES string of the molecule is CC[Si](CC)(CC)c1cc(C)ccc1OC. The highest BCUT2D eigenvalue weighted by Crippen LogP contribution is 2.25. The first-order chi connectivity index (χ1) is 7.63. The zero-order valence-corrected chi connectivity index (χ0v) is 12.3. The van der Waals surface area contributed by atoms with Crippen LogP contribution >= 0.6 is 0 Å². The van der Waals surface area contributed by atoms with Crippen LogP contribution in [0.4, 0.5) is 0 Å². The Morgan fingerprint density at radius 3 is 2.06 bits per heavy atom. The number of rotatable bonds is 5. The lowest BCUT2D eigenvalue weighted by atomic mass is 10.2. The number of benzene rings is 1. The van der Waals surface area contributed by atoms with E-state index in [9.17, 15) is 0 Å². The Morgan fingerprint density at radius 2 is 1.62 bits per heavy atom. The van der Waals surface area contributed by atoms with E-state index in [1.165, 1.54) is 28.9 Å². The molecular weight excluding hydrogens is 212 g/mol. The van der Waals surface area contributed by atoms with E-state index in [0.29, 0.717) is 0 Å². The quantitative estimate of drug-likeness (QED) is 0.708. The maximum atomic E-state index is 5.55. The molecule has 0 aliphatic heterocycles. The van der Waals surface area contributed by atoms with E-state index in [1.54, 1.807) is 7.11 Å². The largest absolute Gasteiger partial charge is 0.497 e. The summed E-state index contributed by atoms with van der Waals surface area (Å²) in [5.74, 6) is 1.10. The Bertz CT molecular complexity index is 334. The molecule has 0 spiro atoms. The minimum Gasteiger partial charge on any atom is -0.497 e. The zero-order chi connectivity index (χ0) is 12.2. The van der Waals surface area contributed by atoms with Crippen LogP contribution in [0.15, 0.2) is 18.2 Å². The van der Waals surface area contributed by atoms with Crippen LogP contribution in [0.1, 0.15) is 26.3 Å². The summed E-state index contributed by atoms with van der Waals surface area (Å²) in [7, 11) is 0.471. The third-order valence-corrected chi connectivity index (χ3v) is 9.55. The van der Waals surface area contributed by atoms with Crippen molar-refractivity contribution < 1.29 is 4.74 Å². The van der Waals surface area contributed by atoms with Gasteiger partial charge in [0.2, 0.25) is 0 Å². The van der Waals surface area contributed by atoms with E-state index >= 15 is 0 Å². The summed E-state index contributed by atoms with van der Waals surface area (Å²) in [5.41, 5.74) is 1.35. The summed E-state index contributed by atoms with van der Waals surface area (Å²) in [6, 6.07) is 10.5. The van der Waals surface area contributed by atoms with Crippen LogP contribution in [-0.4, -0.2) is 15.2 Å². The first kappa shape index (κ1) is 13.3. The second-order valence-electron chi connectivity index (χ2n) is 4.54. The maximum Gasteiger partial charge on any atom is 0.118 e. The Morgan fingerprint density at radius 1 is 1.06 bits per heavy atom. The highest BCUT2D eigenvalue weighted by atomic mass is 28.3. The van der Waals surface area contributed by atoms with Crippen LogP contribution < -0.4 is 9.92 Å². The summed E-state index contributed by atoms with van der Waals surface area (Å²) < 4.78 is 5.55. The minimum absolute atomic E-state index is 1.10. The number of hydrogen-bond donors (Lipinski definition) is 0. The normalized spacial score (nSPS) is 11.6. The zero-order valence-electron chi connectivity index (χ0n) is 11.3. The van der Waals surface area contributed by atoms with Crippen LogP contribution in [0, 0.1) is 6.92 Å². The van der Waals surface area contributed by atoms with Gasteiger partial charge < -0.3 is 4.74 Å². The van der Waals surface area contributed by atoms with Crippen LogP contribution in [-0.2, 0) is 0 Å². The molecule has 0 N–H and O–H groups in total. The lowest BCUT2D eigenvalue weighted by Crippen LogP contribution is -2.46. The van der Waals surface area contributed by atoms with Crippen molar-refractivity contribution in [2.45, 2.75) is 45.8 Å². The van der Waals surface area contributed by atoms with Gasteiger partial charge in [-0.1, -0.05) is 56.6 Å². The number of hydrogen-bond acceptors (Lipinski definition) is 1. The van der Waals surface area contributed by atoms with Crippen LogP contribution in [0.5, 0.6) is 5.75 Å². The molecule has 0 atom stereocenters. The van der Waals surface area contributed by atoms with Gasteiger partial charge in [-0.15, -0.1) is 0 Å². The first-order valence-electron chi connectivity index (χ1n) is 6.28. The maximum absolute atomic E-state index is 5.55. The molecule has 0 aliphatic carbocycles. The Balaban J connectivity index is 3.32. The molecule has 0 aliphatic rings. The van der Waals surface area contributed by atoms with Crippen molar-refractivity contribution in [3.63, 3.8) is 0 Å². The van der Waals surface area contributed by atoms with Gasteiger partial charge in [0.05, 0.1) is 15.2 Å². The van der Waals surface area contributed by atoms with Gasteiger partial charge in [0.25, 0.3) is 0 Å². The molecule has 0 bridgehead atoms. The van der Waals surface area contributed by atoms with E-state index in [-0.39, 0.29) is 0 Å². The minimum atomic E-state index is -1.32. The molecule has 0 unspecified atom stereocenters. The van der Waals surface area contributed by atoms with Crippen molar-refractivity contribution in [3.05, 3.63) is 23.8 Å². The predicted molar refractivity (Wildman–Crippen MR) is 74.6 cm³/mol. The number of aryl methyl sites for hydroxylation is 1. The van der Waals surface area contributed by atoms with E-state index in [2.05, 4.69) is 45.9 Å². The van der Waals surface area contributed by atoms with Crippen molar-refractivity contribution in [2.24, 2.45) is 0 Å². The molecule has 0 saturated carbocycles. The van der Waals surface area contributed by atoms with Gasteiger partial charge in [0, 0.05) is 0 Å². The smallest absolute Gasteiger partial charge is 0.118 e. The van der Waals surface area contributed by atoms with Crippen LogP contribution in [0.2, 0.25) is 18.1 Å². The lowest BCUT2D eigenvalue weighted by Gasteiger charge is -2.30. The molecule has 0 radical (unpaired) electrons. The van der Waals surface area contributed by atoms with Crippen molar-refractivity contribution in [1.82, 2.24) is 0 Å². The molecule has 2 heteroatoms. The molecule has 0 amide bonds. The fourth-order valence-corrected chi connectivity index (χ4v) is 6.44. The van der Waals surface area contributed by atoms with Crippen molar-refractivity contribution in [3.8, 4) is 5.75 Å². The lowest BCUT2D eigenvalue weighted by molar-refractivity contribution is 0.417. The van der Waals surface area contributed by atoms with E-state index in [4.69, 9.17) is 4.74 Å². The van der Waals surface area contributed by atoms with Crippen LogP contribution in [0.3, 0.4) is 0 Å². The first-order valence-corrected chi connectivity index (χ1v) is 8.90. The topological polar surface area (TPSA) is 9.23 Å². The van der Waals surface area contributed by atoms with Gasteiger partial charge in [-0.3, -0.25) is 0 Å². The number of methoxy groups -OCH3 is 1. The summed E-state index contributed by atoms with van der Waals surface area (Å²) in [5, 5.41) is 1.52. The Hall–Kier alpha value is -0.763. The molecule has 1 aromatic carbocycles. The summed E-state index contributed by atoms with van der Waals surface area (Å²) in [6.07, 6.45) is 0. The molecule has 1 nitrogen and oxygen atoms in total. The monoisotopic (exact) mass is 236 g/mol. The molecule has 0 fully saturated rings. The van der Waals surface area contributed by atoms with Gasteiger partial charge >= 0.3 is 0 Å². The van der Waals surface area contributed by atoms with E-state index < -0.39 is 8.07 Å². The molecule has 1 rings (SSSR count). The highest BCUT2D eigenvalue weighted by Gasteiger charge is 2.31. The fraction of sp³-hybridized carbons (Fsp3) is 0.571. The summed E-state index contributed by atoms with van der Waals surface area (Å²) in [6.45, 7) is 9.17. The van der Waals surface area contributed by atoms with E-state index in [0.717, 1.165) is 5.75 Å². The average Bonchev–Trinajstić information content (AvgIpc) is 2.32. The fourth-order valence-electron chi connectivity index (χ4n) is 2.56. The van der Waals surface area contributed by atoms with Crippen LogP contribution in [0.25, 0.3) is 0 Å². The van der Waals surface area contributed by atoms with Crippen molar-refractivity contribution in [1.29, 1.82) is 0 Å². The Kier molecular flexibility index (Phi) is 4.60. The van der Waals surface area contributed by atoms with Gasteiger partial charge in [-0.25, -0.2) is 0 Å². The Labute approximate surface area is 101 Å². The molecule has 0 aromatic heterocycles. The van der Waals surface area contributed by atoms with Gasteiger partial charge in [0.1, 0.15) is 5.75 Å². The van der Waals surface area contributed by atoms with Gasteiger partial charge in [-0.05, 0) is 18.2 Å². The molecule has 90 valence electrons. The average molecular weight is 236 g/mol. The second kappa shape index (κ2) is 5.53. The molecule has 0 saturated heterocycles. The summed E-state index contributed by atoms with van der Waals surface area (Å²) >= 11 is 0. The molecule has 0 heterocycles. The van der Waals surface area contributed by atoms with Gasteiger partial charge in [-0.2, -0.15) is 0 Å². The second-order valence-corrected chi connectivity index (χ2v) is 9.77. The van der Waals surface area contributed by atoms with Crippen molar-refractivity contribution in [2.75, 3.05) is 7.11 Å². The highest BCUT2D eigenvalue weighted by molar-refractivity contribution is 6.92. The third-order valence-electron chi connectivity index (χ3n) is 3.96. The number of ether oxygens (including phenoxy) is 1.